The minimum absolute atomic E-state index is 0.261. The molecule has 4 heteroatoms. The number of rotatable bonds is 2. The number of hydrogen-bond donors (Lipinski definition) is 1. The summed E-state index contributed by atoms with van der Waals surface area (Å²) in [6.07, 6.45) is 0. The standard InChI is InChI=1S/C15H14FN3/c1-19-13-7-3-5-11(9-17)14(13)18-15(19)10-4-2-6-12(16)8-10/h2-8H,9,17H2,1H3. The SMILES string of the molecule is Cn1c(-c2cccc(F)c2)nc2c(CN)cccc21. The summed E-state index contributed by atoms with van der Waals surface area (Å²) in [5.41, 5.74) is 9.37. The van der Waals surface area contributed by atoms with Gasteiger partial charge < -0.3 is 10.3 Å². The van der Waals surface area contributed by atoms with Crippen molar-refractivity contribution >= 4 is 11.0 Å². The fourth-order valence-electron chi connectivity index (χ4n) is 2.32. The van der Waals surface area contributed by atoms with Crippen LogP contribution >= 0.6 is 0 Å². The molecule has 0 saturated heterocycles. The summed E-state index contributed by atoms with van der Waals surface area (Å²) < 4.78 is 15.3. The van der Waals surface area contributed by atoms with Gasteiger partial charge in [0.1, 0.15) is 11.6 Å². The molecule has 96 valence electrons. The van der Waals surface area contributed by atoms with Crippen molar-refractivity contribution in [1.29, 1.82) is 0 Å². The Morgan fingerprint density at radius 2 is 2.00 bits per heavy atom. The van der Waals surface area contributed by atoms with Gasteiger partial charge in [0.25, 0.3) is 0 Å². The monoisotopic (exact) mass is 255 g/mol. The molecule has 1 heterocycles. The molecule has 3 aromatic rings. The Morgan fingerprint density at radius 1 is 1.21 bits per heavy atom. The molecule has 0 aliphatic carbocycles. The Morgan fingerprint density at radius 3 is 2.74 bits per heavy atom. The van der Waals surface area contributed by atoms with Gasteiger partial charge in [0.05, 0.1) is 11.0 Å². The van der Waals surface area contributed by atoms with Gasteiger partial charge in [-0.15, -0.1) is 0 Å². The summed E-state index contributed by atoms with van der Waals surface area (Å²) in [6, 6.07) is 12.4. The molecule has 0 amide bonds. The summed E-state index contributed by atoms with van der Waals surface area (Å²) >= 11 is 0. The van der Waals surface area contributed by atoms with Gasteiger partial charge in [-0.1, -0.05) is 24.3 Å². The van der Waals surface area contributed by atoms with E-state index in [0.29, 0.717) is 6.54 Å². The van der Waals surface area contributed by atoms with Gasteiger partial charge in [-0.25, -0.2) is 9.37 Å². The molecule has 0 unspecified atom stereocenters. The maximum Gasteiger partial charge on any atom is 0.140 e. The highest BCUT2D eigenvalue weighted by molar-refractivity contribution is 5.83. The Kier molecular flexibility index (Phi) is 2.80. The predicted molar refractivity (Wildman–Crippen MR) is 74.0 cm³/mol. The first-order valence-corrected chi connectivity index (χ1v) is 6.11. The fourth-order valence-corrected chi connectivity index (χ4v) is 2.32. The van der Waals surface area contributed by atoms with Gasteiger partial charge in [0.2, 0.25) is 0 Å². The smallest absolute Gasteiger partial charge is 0.140 e. The van der Waals surface area contributed by atoms with Crippen molar-refractivity contribution in [2.24, 2.45) is 12.8 Å². The summed E-state index contributed by atoms with van der Waals surface area (Å²) in [6.45, 7) is 0.441. The molecule has 0 aliphatic rings. The normalized spacial score (nSPS) is 11.1. The maximum atomic E-state index is 13.3. The van der Waals surface area contributed by atoms with Crippen molar-refractivity contribution in [3.8, 4) is 11.4 Å². The number of nitrogens with zero attached hydrogens (tertiary/aromatic N) is 2. The lowest BCUT2D eigenvalue weighted by atomic mass is 10.2. The van der Waals surface area contributed by atoms with Crippen molar-refractivity contribution in [1.82, 2.24) is 9.55 Å². The van der Waals surface area contributed by atoms with Crippen LogP contribution in [0.3, 0.4) is 0 Å². The molecule has 0 radical (unpaired) electrons. The number of fused-ring (bicyclic) bond motifs is 1. The van der Waals surface area contributed by atoms with Crippen molar-refractivity contribution in [2.45, 2.75) is 6.54 Å². The minimum Gasteiger partial charge on any atom is -0.327 e. The molecule has 2 N–H and O–H groups in total. The molecule has 0 fully saturated rings. The Bertz CT molecular complexity index is 746. The van der Waals surface area contributed by atoms with Crippen molar-refractivity contribution in [2.75, 3.05) is 0 Å². The van der Waals surface area contributed by atoms with Gasteiger partial charge in [-0.2, -0.15) is 0 Å². The first-order chi connectivity index (χ1) is 9.20. The number of benzene rings is 2. The quantitative estimate of drug-likeness (QED) is 0.765. The van der Waals surface area contributed by atoms with Crippen LogP contribution in [0, 0.1) is 5.82 Å². The number of imidazole rings is 1. The summed E-state index contributed by atoms with van der Waals surface area (Å²) in [5, 5.41) is 0. The van der Waals surface area contributed by atoms with E-state index in [1.807, 2.05) is 35.9 Å². The van der Waals surface area contributed by atoms with Crippen LogP contribution in [0.5, 0.6) is 0 Å². The van der Waals surface area contributed by atoms with Crippen molar-refractivity contribution in [3.05, 3.63) is 53.8 Å². The van der Waals surface area contributed by atoms with Gasteiger partial charge in [-0.05, 0) is 23.8 Å². The summed E-state index contributed by atoms with van der Waals surface area (Å²) in [4.78, 5) is 4.61. The van der Waals surface area contributed by atoms with E-state index < -0.39 is 0 Å². The van der Waals surface area contributed by atoms with Crippen molar-refractivity contribution < 1.29 is 4.39 Å². The van der Waals surface area contributed by atoms with Crippen LogP contribution in [0.2, 0.25) is 0 Å². The Balaban J connectivity index is 2.28. The topological polar surface area (TPSA) is 43.8 Å². The van der Waals surface area contributed by atoms with Gasteiger partial charge in [0, 0.05) is 19.2 Å². The Hall–Kier alpha value is -2.20. The summed E-state index contributed by atoms with van der Waals surface area (Å²) in [5.74, 6) is 0.485. The van der Waals surface area contributed by atoms with E-state index in [1.165, 1.54) is 12.1 Å². The van der Waals surface area contributed by atoms with E-state index >= 15 is 0 Å². The number of para-hydroxylation sites is 1. The number of aromatic nitrogens is 2. The molecule has 0 bridgehead atoms. The molecule has 1 aromatic heterocycles. The molecule has 2 aromatic carbocycles. The molecular weight excluding hydrogens is 241 g/mol. The fraction of sp³-hybridized carbons (Fsp3) is 0.133. The molecule has 0 atom stereocenters. The highest BCUT2D eigenvalue weighted by Crippen LogP contribution is 2.25. The lowest BCUT2D eigenvalue weighted by molar-refractivity contribution is 0.628. The van der Waals surface area contributed by atoms with Crippen LogP contribution in [0.4, 0.5) is 4.39 Å². The number of hydrogen-bond acceptors (Lipinski definition) is 2. The van der Waals surface area contributed by atoms with E-state index in [1.54, 1.807) is 6.07 Å². The van der Waals surface area contributed by atoms with Gasteiger partial charge >= 0.3 is 0 Å². The van der Waals surface area contributed by atoms with E-state index in [-0.39, 0.29) is 5.82 Å². The molecule has 3 nitrogen and oxygen atoms in total. The molecule has 0 saturated carbocycles. The van der Waals surface area contributed by atoms with Crippen LogP contribution in [0.25, 0.3) is 22.4 Å². The molecular formula is C15H14FN3. The van der Waals surface area contributed by atoms with E-state index in [9.17, 15) is 4.39 Å². The predicted octanol–water partition coefficient (Wildman–Crippen LogP) is 2.84. The zero-order chi connectivity index (χ0) is 13.4. The van der Waals surface area contributed by atoms with Crippen molar-refractivity contribution in [3.63, 3.8) is 0 Å². The lowest BCUT2D eigenvalue weighted by Gasteiger charge is -2.02. The van der Waals surface area contributed by atoms with E-state index in [2.05, 4.69) is 4.98 Å². The maximum absolute atomic E-state index is 13.3. The second-order valence-corrected chi connectivity index (χ2v) is 4.49. The third-order valence-electron chi connectivity index (χ3n) is 3.30. The number of halogens is 1. The largest absolute Gasteiger partial charge is 0.327 e. The first-order valence-electron chi connectivity index (χ1n) is 6.11. The van der Waals surface area contributed by atoms with Gasteiger partial charge in [0.15, 0.2) is 0 Å². The van der Waals surface area contributed by atoms with Crippen LogP contribution in [0.1, 0.15) is 5.56 Å². The average molecular weight is 255 g/mol. The average Bonchev–Trinajstić information content (AvgIpc) is 2.76. The molecule has 3 rings (SSSR count). The van der Waals surface area contributed by atoms with E-state index in [0.717, 1.165) is 28.0 Å². The third kappa shape index (κ3) is 1.90. The Labute approximate surface area is 110 Å². The minimum atomic E-state index is -0.261. The van der Waals surface area contributed by atoms with Crippen LogP contribution in [0.15, 0.2) is 42.5 Å². The highest BCUT2D eigenvalue weighted by atomic mass is 19.1. The van der Waals surface area contributed by atoms with Crippen LogP contribution in [-0.2, 0) is 13.6 Å². The van der Waals surface area contributed by atoms with Crippen LogP contribution < -0.4 is 5.73 Å². The van der Waals surface area contributed by atoms with Crippen LogP contribution in [-0.4, -0.2) is 9.55 Å². The number of nitrogens with two attached hydrogens (primary N) is 1. The second kappa shape index (κ2) is 4.48. The zero-order valence-corrected chi connectivity index (χ0v) is 10.6. The molecule has 0 aliphatic heterocycles. The van der Waals surface area contributed by atoms with Gasteiger partial charge in [-0.3, -0.25) is 0 Å². The zero-order valence-electron chi connectivity index (χ0n) is 10.6. The van der Waals surface area contributed by atoms with E-state index in [4.69, 9.17) is 5.73 Å². The highest BCUT2D eigenvalue weighted by Gasteiger charge is 2.12. The second-order valence-electron chi connectivity index (χ2n) is 4.49. The molecule has 19 heavy (non-hydrogen) atoms. The summed E-state index contributed by atoms with van der Waals surface area (Å²) in [7, 11) is 1.93. The number of aryl methyl sites for hydroxylation is 1. The first kappa shape index (κ1) is 11.9. The lowest BCUT2D eigenvalue weighted by Crippen LogP contribution is -1.97. The molecule has 0 spiro atoms. The third-order valence-corrected chi connectivity index (χ3v) is 3.30.